The second-order valence-electron chi connectivity index (χ2n) is 7.50. The number of carbonyl (C=O) groups excluding carboxylic acids is 1. The van der Waals surface area contributed by atoms with E-state index in [0.717, 1.165) is 24.3 Å². The minimum atomic E-state index is -4.18. The molecule has 1 aliphatic heterocycles. The molecule has 11 heteroatoms. The number of rotatable bonds is 6. The van der Waals surface area contributed by atoms with Crippen molar-refractivity contribution in [1.29, 1.82) is 0 Å². The molecule has 1 amide bonds. The highest BCUT2D eigenvalue weighted by atomic mass is 32.2. The second kappa shape index (κ2) is 7.82. The number of nitrogens with one attached hydrogen (secondary N) is 3. The zero-order valence-corrected chi connectivity index (χ0v) is 18.9. The van der Waals surface area contributed by atoms with Gasteiger partial charge in [0.05, 0.1) is 21.2 Å². The third-order valence-corrected chi connectivity index (χ3v) is 8.13. The number of benzene rings is 4. The number of hydrogen-bond donors (Lipinski definition) is 3. The van der Waals surface area contributed by atoms with E-state index >= 15 is 0 Å². The molecule has 0 spiro atoms. The fourth-order valence-electron chi connectivity index (χ4n) is 3.78. The molecular formula is C23H16FN3O5S2. The van der Waals surface area contributed by atoms with Crippen LogP contribution in [0.25, 0.3) is 10.8 Å². The van der Waals surface area contributed by atoms with E-state index in [-0.39, 0.29) is 27.1 Å². The minimum absolute atomic E-state index is 0.00867. The molecule has 1 heterocycles. The van der Waals surface area contributed by atoms with Crippen LogP contribution >= 0.6 is 0 Å². The van der Waals surface area contributed by atoms with Crippen LogP contribution in [0.5, 0.6) is 0 Å². The molecule has 0 bridgehead atoms. The summed E-state index contributed by atoms with van der Waals surface area (Å²) < 4.78 is 70.1. The number of carbonyl (C=O) groups is 1. The van der Waals surface area contributed by atoms with Crippen molar-refractivity contribution in [2.45, 2.75) is 9.79 Å². The first kappa shape index (κ1) is 21.9. The second-order valence-corrected chi connectivity index (χ2v) is 10.8. The Labute approximate surface area is 194 Å². The molecule has 3 N–H and O–H groups in total. The maximum absolute atomic E-state index is 13.3. The van der Waals surface area contributed by atoms with Crippen LogP contribution < -0.4 is 14.8 Å². The van der Waals surface area contributed by atoms with Crippen molar-refractivity contribution in [3.05, 3.63) is 90.2 Å². The van der Waals surface area contributed by atoms with E-state index in [9.17, 15) is 26.0 Å². The smallest absolute Gasteiger partial charge is 0.262 e. The lowest BCUT2D eigenvalue weighted by Gasteiger charge is -2.15. The fraction of sp³-hybridized carbons (Fsp3) is 0. The van der Waals surface area contributed by atoms with Crippen LogP contribution in [-0.2, 0) is 20.0 Å². The Kier molecular flexibility index (Phi) is 5.03. The summed E-state index contributed by atoms with van der Waals surface area (Å²) in [6.07, 6.45) is 0. The predicted octanol–water partition coefficient (Wildman–Crippen LogP) is 4.15. The molecule has 4 aromatic rings. The third kappa shape index (κ3) is 3.74. The molecule has 0 aliphatic carbocycles. The molecule has 0 unspecified atom stereocenters. The molecule has 4 aromatic carbocycles. The maximum atomic E-state index is 13.3. The average Bonchev–Trinajstić information content (AvgIpc) is 3.12. The number of sulfonamides is 2. The first-order valence-electron chi connectivity index (χ1n) is 9.93. The Morgan fingerprint density at radius 3 is 2.03 bits per heavy atom. The standard InChI is InChI=1S/C23H16FN3O5S2/c24-14-8-10-15(11-9-14)33(29,30)26-18-6-1-2-7-19(18)27-34(31,32)21-13-12-20-22-16(21)4-3-5-17(22)23(28)25-20/h1-13,26-27H,(H,25,28). The summed E-state index contributed by atoms with van der Waals surface area (Å²) in [6, 6.07) is 17.8. The number of hydrogen-bond acceptors (Lipinski definition) is 5. The van der Waals surface area contributed by atoms with Crippen LogP contribution in [-0.4, -0.2) is 22.7 Å². The van der Waals surface area contributed by atoms with Crippen molar-refractivity contribution in [3.8, 4) is 0 Å². The van der Waals surface area contributed by atoms with Gasteiger partial charge in [-0.3, -0.25) is 14.2 Å². The van der Waals surface area contributed by atoms with E-state index < -0.39 is 25.9 Å². The lowest BCUT2D eigenvalue weighted by Crippen LogP contribution is -2.18. The van der Waals surface area contributed by atoms with E-state index in [1.54, 1.807) is 24.3 Å². The van der Waals surface area contributed by atoms with Gasteiger partial charge in [-0.05, 0) is 54.6 Å². The van der Waals surface area contributed by atoms with Crippen LogP contribution in [0.3, 0.4) is 0 Å². The fourth-order valence-corrected chi connectivity index (χ4v) is 6.14. The Bertz CT molecular complexity index is 1690. The molecule has 0 atom stereocenters. The van der Waals surface area contributed by atoms with Crippen molar-refractivity contribution in [2.24, 2.45) is 0 Å². The summed E-state index contributed by atoms with van der Waals surface area (Å²) in [7, 11) is -8.30. The molecule has 8 nitrogen and oxygen atoms in total. The number of amides is 1. The lowest BCUT2D eigenvalue weighted by atomic mass is 10.1. The maximum Gasteiger partial charge on any atom is 0.262 e. The van der Waals surface area contributed by atoms with Crippen molar-refractivity contribution >= 4 is 53.8 Å². The van der Waals surface area contributed by atoms with Crippen LogP contribution in [0.2, 0.25) is 0 Å². The molecule has 5 rings (SSSR count). The predicted molar refractivity (Wildman–Crippen MR) is 126 cm³/mol. The normalized spacial score (nSPS) is 13.0. The van der Waals surface area contributed by atoms with Gasteiger partial charge in [0.15, 0.2) is 0 Å². The average molecular weight is 498 g/mol. The van der Waals surface area contributed by atoms with Gasteiger partial charge in [0.2, 0.25) is 0 Å². The molecule has 0 aromatic heterocycles. The van der Waals surface area contributed by atoms with Crippen LogP contribution in [0.4, 0.5) is 21.5 Å². The first-order valence-corrected chi connectivity index (χ1v) is 12.9. The Balaban J connectivity index is 1.53. The number of anilines is 3. The number of para-hydroxylation sites is 2. The van der Waals surface area contributed by atoms with E-state index in [1.807, 2.05) is 0 Å². The topological polar surface area (TPSA) is 121 Å². The molecule has 34 heavy (non-hydrogen) atoms. The largest absolute Gasteiger partial charge is 0.321 e. The third-order valence-electron chi connectivity index (χ3n) is 5.32. The molecule has 0 saturated heterocycles. The zero-order valence-electron chi connectivity index (χ0n) is 17.2. The first-order chi connectivity index (χ1) is 16.2. The van der Waals surface area contributed by atoms with Gasteiger partial charge in [-0.1, -0.05) is 24.3 Å². The van der Waals surface area contributed by atoms with Gasteiger partial charge >= 0.3 is 0 Å². The van der Waals surface area contributed by atoms with E-state index in [1.165, 1.54) is 30.3 Å². The van der Waals surface area contributed by atoms with Gasteiger partial charge in [0.25, 0.3) is 26.0 Å². The molecule has 0 fully saturated rings. The van der Waals surface area contributed by atoms with E-state index in [4.69, 9.17) is 0 Å². The van der Waals surface area contributed by atoms with Crippen molar-refractivity contribution in [2.75, 3.05) is 14.8 Å². The minimum Gasteiger partial charge on any atom is -0.321 e. The summed E-state index contributed by atoms with van der Waals surface area (Å²) in [4.78, 5) is 11.9. The summed E-state index contributed by atoms with van der Waals surface area (Å²) in [6.45, 7) is 0. The van der Waals surface area contributed by atoms with Gasteiger partial charge in [-0.2, -0.15) is 0 Å². The van der Waals surface area contributed by atoms with E-state index in [0.29, 0.717) is 22.0 Å². The SMILES string of the molecule is O=C1Nc2ccc(S(=O)(=O)Nc3ccccc3NS(=O)(=O)c3ccc(F)cc3)c3cccc1c23. The molecule has 0 saturated carbocycles. The van der Waals surface area contributed by atoms with Gasteiger partial charge < -0.3 is 5.32 Å². The lowest BCUT2D eigenvalue weighted by molar-refractivity contribution is 0.103. The summed E-state index contributed by atoms with van der Waals surface area (Å²) in [5.41, 5.74) is 0.864. The Morgan fingerprint density at radius 2 is 1.35 bits per heavy atom. The number of halogens is 1. The van der Waals surface area contributed by atoms with Crippen LogP contribution in [0.15, 0.2) is 88.7 Å². The molecular weight excluding hydrogens is 481 g/mol. The summed E-state index contributed by atoms with van der Waals surface area (Å²) in [5.74, 6) is -0.905. The monoisotopic (exact) mass is 497 g/mol. The van der Waals surface area contributed by atoms with Gasteiger partial charge in [-0.25, -0.2) is 21.2 Å². The summed E-state index contributed by atoms with van der Waals surface area (Å²) >= 11 is 0. The quantitative estimate of drug-likeness (QED) is 0.370. The van der Waals surface area contributed by atoms with E-state index in [2.05, 4.69) is 14.8 Å². The highest BCUT2D eigenvalue weighted by Crippen LogP contribution is 2.37. The van der Waals surface area contributed by atoms with Gasteiger partial charge in [-0.15, -0.1) is 0 Å². The zero-order chi connectivity index (χ0) is 24.1. The molecule has 172 valence electrons. The van der Waals surface area contributed by atoms with Gasteiger partial charge in [0.1, 0.15) is 5.82 Å². The highest BCUT2D eigenvalue weighted by Gasteiger charge is 2.27. The van der Waals surface area contributed by atoms with Crippen LogP contribution in [0.1, 0.15) is 10.4 Å². The van der Waals surface area contributed by atoms with Crippen molar-refractivity contribution in [3.63, 3.8) is 0 Å². The Morgan fingerprint density at radius 1 is 0.706 bits per heavy atom. The molecule has 0 radical (unpaired) electrons. The summed E-state index contributed by atoms with van der Waals surface area (Å²) in [5, 5.41) is 3.55. The van der Waals surface area contributed by atoms with Crippen molar-refractivity contribution in [1.82, 2.24) is 0 Å². The highest BCUT2D eigenvalue weighted by molar-refractivity contribution is 7.93. The Hall–Kier alpha value is -3.96. The molecule has 1 aliphatic rings. The van der Waals surface area contributed by atoms with Gasteiger partial charge in [0, 0.05) is 22.0 Å². The van der Waals surface area contributed by atoms with Crippen LogP contribution in [0, 0.1) is 5.82 Å². The van der Waals surface area contributed by atoms with Crippen molar-refractivity contribution < 1.29 is 26.0 Å².